The van der Waals surface area contributed by atoms with Gasteiger partial charge in [0.1, 0.15) is 0 Å². The maximum atomic E-state index is 2.57. The molecule has 1 nitrogen and oxygen atoms in total. The molecule has 1 aliphatic rings. The second-order valence-electron chi connectivity index (χ2n) is 5.71. The van der Waals surface area contributed by atoms with E-state index in [-0.39, 0.29) is 0 Å². The lowest BCUT2D eigenvalue weighted by Gasteiger charge is -2.30. The molecule has 0 aromatic heterocycles. The lowest BCUT2D eigenvalue weighted by Crippen LogP contribution is -2.34. The van der Waals surface area contributed by atoms with Crippen molar-refractivity contribution in [1.29, 1.82) is 0 Å². The molecule has 0 aliphatic carbocycles. The standard InChI is InChI=1S/C18H25N/c1-16(2)12-14-19-13-6-9-18(15-19)11-10-17-7-4-3-5-8-17/h3-5,7-8,10-12,18H,6,9,13-15H2,1-2H3/b11-10-. The minimum Gasteiger partial charge on any atom is -0.299 e. The van der Waals surface area contributed by atoms with Crippen molar-refractivity contribution in [2.45, 2.75) is 26.7 Å². The van der Waals surface area contributed by atoms with E-state index in [0.29, 0.717) is 5.92 Å². The fourth-order valence-corrected chi connectivity index (χ4v) is 2.54. The van der Waals surface area contributed by atoms with Crippen molar-refractivity contribution in [3.63, 3.8) is 0 Å². The van der Waals surface area contributed by atoms with Gasteiger partial charge in [-0.1, -0.05) is 54.1 Å². The molecule has 1 heteroatoms. The van der Waals surface area contributed by atoms with Crippen LogP contribution in [0.3, 0.4) is 0 Å². The Morgan fingerprint density at radius 2 is 2.05 bits per heavy atom. The molecule has 2 rings (SSSR count). The predicted octanol–water partition coefficient (Wildman–Crippen LogP) is 4.38. The summed E-state index contributed by atoms with van der Waals surface area (Å²) < 4.78 is 0. The van der Waals surface area contributed by atoms with Gasteiger partial charge >= 0.3 is 0 Å². The second-order valence-corrected chi connectivity index (χ2v) is 5.71. The Morgan fingerprint density at radius 1 is 1.26 bits per heavy atom. The third-order valence-corrected chi connectivity index (χ3v) is 3.66. The highest BCUT2D eigenvalue weighted by molar-refractivity contribution is 5.49. The molecular weight excluding hydrogens is 230 g/mol. The highest BCUT2D eigenvalue weighted by atomic mass is 15.1. The SMILES string of the molecule is CC(C)=CCN1CCCC(/C=C\c2ccccc2)C1. The quantitative estimate of drug-likeness (QED) is 0.722. The minimum absolute atomic E-state index is 0.708. The van der Waals surface area contributed by atoms with Gasteiger partial charge in [0, 0.05) is 13.1 Å². The van der Waals surface area contributed by atoms with E-state index in [4.69, 9.17) is 0 Å². The van der Waals surface area contributed by atoms with E-state index in [9.17, 15) is 0 Å². The van der Waals surface area contributed by atoms with Crippen molar-refractivity contribution in [2.24, 2.45) is 5.92 Å². The number of hydrogen-bond acceptors (Lipinski definition) is 1. The second kappa shape index (κ2) is 7.30. The molecule has 1 fully saturated rings. The first-order valence-electron chi connectivity index (χ1n) is 7.33. The Morgan fingerprint density at radius 3 is 2.79 bits per heavy atom. The number of rotatable bonds is 4. The number of nitrogens with zero attached hydrogens (tertiary/aromatic N) is 1. The number of benzene rings is 1. The van der Waals surface area contributed by atoms with Crippen LogP contribution in [-0.4, -0.2) is 24.5 Å². The molecule has 1 saturated heterocycles. The summed E-state index contributed by atoms with van der Waals surface area (Å²) in [7, 11) is 0. The first-order chi connectivity index (χ1) is 9.24. The van der Waals surface area contributed by atoms with Crippen LogP contribution in [-0.2, 0) is 0 Å². The molecule has 19 heavy (non-hydrogen) atoms. The average molecular weight is 255 g/mol. The summed E-state index contributed by atoms with van der Waals surface area (Å²) >= 11 is 0. The van der Waals surface area contributed by atoms with E-state index in [1.54, 1.807) is 0 Å². The molecule has 0 radical (unpaired) electrons. The number of allylic oxidation sites excluding steroid dienone is 1. The van der Waals surface area contributed by atoms with Gasteiger partial charge in [0.05, 0.1) is 0 Å². The maximum absolute atomic E-state index is 2.57. The fraction of sp³-hybridized carbons (Fsp3) is 0.444. The molecule has 0 N–H and O–H groups in total. The number of hydrogen-bond donors (Lipinski definition) is 0. The fourth-order valence-electron chi connectivity index (χ4n) is 2.54. The van der Waals surface area contributed by atoms with Gasteiger partial charge in [-0.2, -0.15) is 0 Å². The van der Waals surface area contributed by atoms with Crippen molar-refractivity contribution >= 4 is 6.08 Å². The van der Waals surface area contributed by atoms with Gasteiger partial charge in [0.15, 0.2) is 0 Å². The predicted molar refractivity (Wildman–Crippen MR) is 84.1 cm³/mol. The first kappa shape index (κ1) is 14.1. The Balaban J connectivity index is 1.87. The summed E-state index contributed by atoms with van der Waals surface area (Å²) in [6.45, 7) is 7.91. The number of likely N-dealkylation sites (tertiary alicyclic amines) is 1. The monoisotopic (exact) mass is 255 g/mol. The summed E-state index contributed by atoms with van der Waals surface area (Å²) in [6.07, 6.45) is 9.65. The summed E-state index contributed by atoms with van der Waals surface area (Å²) in [5.74, 6) is 0.708. The Hall–Kier alpha value is -1.34. The van der Waals surface area contributed by atoms with Gasteiger partial charge in [0.2, 0.25) is 0 Å². The van der Waals surface area contributed by atoms with Crippen LogP contribution < -0.4 is 0 Å². The lowest BCUT2D eigenvalue weighted by atomic mass is 9.96. The normalized spacial score (nSPS) is 20.6. The van der Waals surface area contributed by atoms with Crippen LogP contribution in [0.25, 0.3) is 6.08 Å². The lowest BCUT2D eigenvalue weighted by molar-refractivity contribution is 0.216. The van der Waals surface area contributed by atoms with Crippen molar-refractivity contribution in [1.82, 2.24) is 4.90 Å². The van der Waals surface area contributed by atoms with Crippen molar-refractivity contribution in [2.75, 3.05) is 19.6 Å². The largest absolute Gasteiger partial charge is 0.299 e. The highest BCUT2D eigenvalue weighted by Gasteiger charge is 2.16. The van der Waals surface area contributed by atoms with Crippen LogP contribution in [0.15, 0.2) is 48.1 Å². The number of piperidine rings is 1. The molecule has 102 valence electrons. The summed E-state index contributed by atoms with van der Waals surface area (Å²) in [5.41, 5.74) is 2.73. The van der Waals surface area contributed by atoms with Crippen LogP contribution in [0.1, 0.15) is 32.3 Å². The van der Waals surface area contributed by atoms with Crippen molar-refractivity contribution in [3.8, 4) is 0 Å². The molecule has 1 aromatic carbocycles. The summed E-state index contributed by atoms with van der Waals surface area (Å²) in [4.78, 5) is 2.57. The topological polar surface area (TPSA) is 3.24 Å². The molecular formula is C18H25N. The molecule has 1 heterocycles. The van der Waals surface area contributed by atoms with Crippen LogP contribution in [0, 0.1) is 5.92 Å². The molecule has 1 unspecified atom stereocenters. The molecule has 0 saturated carbocycles. The van der Waals surface area contributed by atoms with Crippen LogP contribution in [0.4, 0.5) is 0 Å². The van der Waals surface area contributed by atoms with Gasteiger partial charge in [-0.05, 0) is 44.7 Å². The highest BCUT2D eigenvalue weighted by Crippen LogP contribution is 2.19. The van der Waals surface area contributed by atoms with Gasteiger partial charge in [-0.15, -0.1) is 0 Å². The molecule has 1 aromatic rings. The minimum atomic E-state index is 0.708. The summed E-state index contributed by atoms with van der Waals surface area (Å²) in [6, 6.07) is 10.6. The van der Waals surface area contributed by atoms with E-state index >= 15 is 0 Å². The van der Waals surface area contributed by atoms with E-state index in [1.807, 2.05) is 0 Å². The van der Waals surface area contributed by atoms with Crippen LogP contribution in [0.5, 0.6) is 0 Å². The van der Waals surface area contributed by atoms with Gasteiger partial charge in [0.25, 0.3) is 0 Å². The third kappa shape index (κ3) is 5.04. The van der Waals surface area contributed by atoms with Crippen molar-refractivity contribution < 1.29 is 0 Å². The Bertz CT molecular complexity index is 426. The zero-order valence-electron chi connectivity index (χ0n) is 12.2. The van der Waals surface area contributed by atoms with Gasteiger partial charge in [-0.25, -0.2) is 0 Å². The molecule has 0 bridgehead atoms. The van der Waals surface area contributed by atoms with E-state index < -0.39 is 0 Å². The average Bonchev–Trinajstić information content (AvgIpc) is 2.44. The van der Waals surface area contributed by atoms with Gasteiger partial charge in [-0.3, -0.25) is 4.90 Å². The molecule has 1 atom stereocenters. The Labute approximate surface area is 117 Å². The molecule has 1 aliphatic heterocycles. The van der Waals surface area contributed by atoms with E-state index in [2.05, 4.69) is 67.3 Å². The third-order valence-electron chi connectivity index (χ3n) is 3.66. The zero-order valence-corrected chi connectivity index (χ0v) is 12.2. The smallest absolute Gasteiger partial charge is 0.0165 e. The summed E-state index contributed by atoms with van der Waals surface area (Å²) in [5, 5.41) is 0. The van der Waals surface area contributed by atoms with E-state index in [0.717, 1.165) is 6.54 Å². The van der Waals surface area contributed by atoms with Gasteiger partial charge < -0.3 is 0 Å². The molecule has 0 spiro atoms. The zero-order chi connectivity index (χ0) is 13.5. The van der Waals surface area contributed by atoms with Crippen molar-refractivity contribution in [3.05, 3.63) is 53.6 Å². The Kier molecular flexibility index (Phi) is 5.41. The van der Waals surface area contributed by atoms with Crippen LogP contribution in [0.2, 0.25) is 0 Å². The molecule has 0 amide bonds. The van der Waals surface area contributed by atoms with E-state index in [1.165, 1.54) is 37.1 Å². The first-order valence-corrected chi connectivity index (χ1v) is 7.33. The maximum Gasteiger partial charge on any atom is 0.0165 e. The van der Waals surface area contributed by atoms with Crippen LogP contribution >= 0.6 is 0 Å².